The van der Waals surface area contributed by atoms with Crippen LogP contribution in [0.25, 0.3) is 0 Å². The molecule has 0 atom stereocenters. The van der Waals surface area contributed by atoms with Gasteiger partial charge in [-0.2, -0.15) is 0 Å². The lowest BCUT2D eigenvalue weighted by atomic mass is 10.2. The fourth-order valence-corrected chi connectivity index (χ4v) is 1.88. The molecule has 1 heterocycles. The molecule has 0 aromatic heterocycles. The molecule has 0 spiro atoms. The fourth-order valence-electron chi connectivity index (χ4n) is 1.63. The Morgan fingerprint density at radius 3 is 2.84 bits per heavy atom. The summed E-state index contributed by atoms with van der Waals surface area (Å²) >= 11 is 5.97. The fraction of sp³-hybridized carbons (Fsp3) is 0.167. The van der Waals surface area contributed by atoms with Gasteiger partial charge in [-0.05, 0) is 12.1 Å². The van der Waals surface area contributed by atoms with Crippen LogP contribution in [0.3, 0.4) is 0 Å². The summed E-state index contributed by atoms with van der Waals surface area (Å²) in [4.78, 5) is 22.6. The Hall–Kier alpha value is -2.05. The number of benzene rings is 1. The molecule has 1 aliphatic heterocycles. The van der Waals surface area contributed by atoms with Crippen molar-refractivity contribution in [3.63, 3.8) is 0 Å². The summed E-state index contributed by atoms with van der Waals surface area (Å²) in [5, 5.41) is 5.62. The molecule has 1 aromatic carbocycles. The topological polar surface area (TPSA) is 93.5 Å². The number of amides is 2. The van der Waals surface area contributed by atoms with Gasteiger partial charge in [-0.25, -0.2) is 9.59 Å². The highest BCUT2D eigenvalue weighted by Crippen LogP contribution is 2.23. The minimum atomic E-state index is -0.485. The van der Waals surface area contributed by atoms with Gasteiger partial charge in [0.05, 0.1) is 5.70 Å². The van der Waals surface area contributed by atoms with E-state index >= 15 is 0 Å². The Balaban J connectivity index is 2.05. The van der Waals surface area contributed by atoms with Crippen molar-refractivity contribution in [2.75, 3.05) is 11.9 Å². The lowest BCUT2D eigenvalue weighted by molar-refractivity contribution is -0.134. The summed E-state index contributed by atoms with van der Waals surface area (Å²) in [6.45, 7) is 0.269. The van der Waals surface area contributed by atoms with Crippen LogP contribution in [0.1, 0.15) is 5.56 Å². The van der Waals surface area contributed by atoms with Crippen molar-refractivity contribution in [1.82, 2.24) is 5.32 Å². The molecule has 7 heteroatoms. The molecule has 0 unspecified atom stereocenters. The first kappa shape index (κ1) is 13.4. The van der Waals surface area contributed by atoms with Crippen molar-refractivity contribution in [2.45, 2.75) is 6.54 Å². The second-order valence-electron chi connectivity index (χ2n) is 3.83. The highest BCUT2D eigenvalue weighted by atomic mass is 35.5. The van der Waals surface area contributed by atoms with Crippen LogP contribution in [0, 0.1) is 0 Å². The number of hydrogen-bond acceptors (Lipinski definition) is 4. The van der Waals surface area contributed by atoms with Gasteiger partial charge in [0.1, 0.15) is 6.61 Å². The van der Waals surface area contributed by atoms with E-state index < -0.39 is 12.0 Å². The zero-order valence-corrected chi connectivity index (χ0v) is 10.7. The third-order valence-electron chi connectivity index (χ3n) is 2.51. The highest BCUT2D eigenvalue weighted by Gasteiger charge is 2.16. The van der Waals surface area contributed by atoms with Gasteiger partial charge in [-0.1, -0.05) is 17.7 Å². The maximum absolute atomic E-state index is 11.7. The molecule has 0 saturated heterocycles. The summed E-state index contributed by atoms with van der Waals surface area (Å²) < 4.78 is 4.67. The smallest absolute Gasteiger partial charge is 0.333 e. The van der Waals surface area contributed by atoms with Crippen LogP contribution >= 0.6 is 11.6 Å². The van der Waals surface area contributed by atoms with Gasteiger partial charge in [-0.15, -0.1) is 0 Å². The van der Waals surface area contributed by atoms with Crippen molar-refractivity contribution in [3.05, 3.63) is 40.6 Å². The monoisotopic (exact) mass is 281 g/mol. The first-order valence-electron chi connectivity index (χ1n) is 5.53. The minimum Gasteiger partial charge on any atom is -0.456 e. The number of ether oxygens (including phenoxy) is 1. The Bertz CT molecular complexity index is 557. The molecule has 1 aliphatic rings. The van der Waals surface area contributed by atoms with Gasteiger partial charge >= 0.3 is 12.0 Å². The number of cyclic esters (lactones) is 1. The summed E-state index contributed by atoms with van der Waals surface area (Å²) in [5.74, 6) is -0.472. The molecule has 0 bridgehead atoms. The Morgan fingerprint density at radius 1 is 1.42 bits per heavy atom. The van der Waals surface area contributed by atoms with Gasteiger partial charge in [-0.3, -0.25) is 0 Å². The zero-order chi connectivity index (χ0) is 13.8. The average Bonchev–Trinajstić information content (AvgIpc) is 2.75. The van der Waals surface area contributed by atoms with E-state index in [1.807, 2.05) is 0 Å². The van der Waals surface area contributed by atoms with Crippen molar-refractivity contribution < 1.29 is 14.3 Å². The van der Waals surface area contributed by atoms with Gasteiger partial charge in [0.15, 0.2) is 0 Å². The number of carbonyl (C=O) groups is 2. The molecule has 1 aromatic rings. The quantitative estimate of drug-likeness (QED) is 0.729. The highest BCUT2D eigenvalue weighted by molar-refractivity contribution is 6.31. The summed E-state index contributed by atoms with van der Waals surface area (Å²) in [6.07, 6.45) is 1.22. The van der Waals surface area contributed by atoms with Crippen LogP contribution in [0.5, 0.6) is 0 Å². The molecule has 100 valence electrons. The lowest BCUT2D eigenvalue weighted by Crippen LogP contribution is -2.29. The van der Waals surface area contributed by atoms with Crippen LogP contribution in [-0.2, 0) is 16.1 Å². The Kier molecular flexibility index (Phi) is 4.03. The molecule has 4 N–H and O–H groups in total. The predicted octanol–water partition coefficient (Wildman–Crippen LogP) is 1.36. The van der Waals surface area contributed by atoms with Gasteiger partial charge < -0.3 is 21.1 Å². The molecule has 2 rings (SSSR count). The number of nitrogens with one attached hydrogen (secondary N) is 2. The maximum atomic E-state index is 11.7. The first-order chi connectivity index (χ1) is 9.10. The molecule has 6 nitrogen and oxygen atoms in total. The second kappa shape index (κ2) is 5.73. The van der Waals surface area contributed by atoms with Gasteiger partial charge in [0.25, 0.3) is 0 Å². The molecule has 0 fully saturated rings. The Morgan fingerprint density at radius 2 is 2.21 bits per heavy atom. The molecular weight excluding hydrogens is 270 g/mol. The van der Waals surface area contributed by atoms with E-state index in [1.165, 1.54) is 6.08 Å². The van der Waals surface area contributed by atoms with Gasteiger partial charge in [0.2, 0.25) is 0 Å². The molecule has 0 radical (unpaired) electrons. The third-order valence-corrected chi connectivity index (χ3v) is 2.86. The molecule has 19 heavy (non-hydrogen) atoms. The number of hydrogen-bond donors (Lipinski definition) is 3. The number of urea groups is 1. The number of nitrogens with two attached hydrogens (primary N) is 1. The molecule has 0 aliphatic carbocycles. The maximum Gasteiger partial charge on any atom is 0.333 e. The number of esters is 1. The first-order valence-corrected chi connectivity index (χ1v) is 5.90. The SMILES string of the molecule is NCc1c(Cl)cccc1NC(=O)NC1=CC(=O)OC1. The van der Waals surface area contributed by atoms with Crippen LogP contribution in [0.15, 0.2) is 30.0 Å². The van der Waals surface area contributed by atoms with E-state index in [-0.39, 0.29) is 13.2 Å². The van der Waals surface area contributed by atoms with Crippen molar-refractivity contribution in [2.24, 2.45) is 5.73 Å². The summed E-state index contributed by atoms with van der Waals surface area (Å²) in [6, 6.07) is 4.61. The Labute approximate surface area is 114 Å². The van der Waals surface area contributed by atoms with Crippen molar-refractivity contribution in [3.8, 4) is 0 Å². The molecule has 2 amide bonds. The molecule has 0 saturated carbocycles. The zero-order valence-electron chi connectivity index (χ0n) is 9.90. The number of anilines is 1. The lowest BCUT2D eigenvalue weighted by Gasteiger charge is -2.12. The van der Waals surface area contributed by atoms with Gasteiger partial charge in [0, 0.05) is 28.9 Å². The van der Waals surface area contributed by atoms with Crippen molar-refractivity contribution in [1.29, 1.82) is 0 Å². The number of halogens is 1. The normalized spacial score (nSPS) is 13.8. The summed E-state index contributed by atoms with van der Waals surface area (Å²) in [5.41, 5.74) is 7.15. The number of carbonyl (C=O) groups excluding carboxylic acids is 2. The molecular formula is C12H12ClN3O3. The van der Waals surface area contributed by atoms with E-state index in [0.29, 0.717) is 22.0 Å². The predicted molar refractivity (Wildman–Crippen MR) is 70.5 cm³/mol. The van der Waals surface area contributed by atoms with Crippen LogP contribution < -0.4 is 16.4 Å². The van der Waals surface area contributed by atoms with E-state index in [1.54, 1.807) is 18.2 Å². The average molecular weight is 282 g/mol. The minimum absolute atomic E-state index is 0.0611. The number of rotatable bonds is 3. The third kappa shape index (κ3) is 3.24. The standard InChI is InChI=1S/C12H12ClN3O3/c13-9-2-1-3-10(8(9)5-14)16-12(18)15-7-4-11(17)19-6-7/h1-4H,5-6,14H2,(H2,15,16,18). The largest absolute Gasteiger partial charge is 0.456 e. The van der Waals surface area contributed by atoms with Crippen LogP contribution in [0.4, 0.5) is 10.5 Å². The van der Waals surface area contributed by atoms with Crippen LogP contribution in [-0.4, -0.2) is 18.6 Å². The van der Waals surface area contributed by atoms with Crippen LogP contribution in [0.2, 0.25) is 5.02 Å². The van der Waals surface area contributed by atoms with E-state index in [4.69, 9.17) is 17.3 Å². The van der Waals surface area contributed by atoms with Crippen molar-refractivity contribution >= 4 is 29.3 Å². The summed E-state index contributed by atoms with van der Waals surface area (Å²) in [7, 11) is 0. The van der Waals surface area contributed by atoms with E-state index in [9.17, 15) is 9.59 Å². The second-order valence-corrected chi connectivity index (χ2v) is 4.23. The van der Waals surface area contributed by atoms with E-state index in [0.717, 1.165) is 0 Å². The van der Waals surface area contributed by atoms with E-state index in [2.05, 4.69) is 15.4 Å².